The van der Waals surface area contributed by atoms with Crippen molar-refractivity contribution in [3.8, 4) is 0 Å². The van der Waals surface area contributed by atoms with E-state index in [0.717, 1.165) is 6.54 Å². The summed E-state index contributed by atoms with van der Waals surface area (Å²) < 4.78 is 5.24. The van der Waals surface area contributed by atoms with E-state index in [0.29, 0.717) is 6.04 Å². The molecule has 0 aromatic rings. The van der Waals surface area contributed by atoms with Gasteiger partial charge in [0.05, 0.1) is 6.10 Å². The molecule has 3 atom stereocenters. The van der Waals surface area contributed by atoms with Crippen LogP contribution < -0.4 is 5.73 Å². The van der Waals surface area contributed by atoms with Crippen LogP contribution in [-0.2, 0) is 4.74 Å². The zero-order chi connectivity index (χ0) is 7.72. The first-order valence-corrected chi connectivity index (χ1v) is 3.65. The second-order valence-corrected chi connectivity index (χ2v) is 3.04. The van der Waals surface area contributed by atoms with Crippen LogP contribution in [0.5, 0.6) is 0 Å². The van der Waals surface area contributed by atoms with Gasteiger partial charge in [0.1, 0.15) is 0 Å². The molecule has 10 heavy (non-hydrogen) atoms. The number of ether oxygens (including phenoxy) is 1. The molecule has 3 nitrogen and oxygen atoms in total. The highest BCUT2D eigenvalue weighted by molar-refractivity contribution is 4.92. The summed E-state index contributed by atoms with van der Waals surface area (Å²) >= 11 is 0. The smallest absolute Gasteiger partial charge is 0.0886 e. The average Bonchev–Trinajstić information content (AvgIpc) is 2.09. The average molecular weight is 144 g/mol. The molecule has 0 aromatic heterocycles. The molecule has 0 radical (unpaired) electrons. The number of likely N-dealkylation sites (N-methyl/N-ethyl adjacent to an activating group) is 1. The van der Waals surface area contributed by atoms with E-state index >= 15 is 0 Å². The van der Waals surface area contributed by atoms with Gasteiger partial charge in [-0.25, -0.2) is 0 Å². The first kappa shape index (κ1) is 7.98. The summed E-state index contributed by atoms with van der Waals surface area (Å²) in [6.07, 6.45) is 0.213. The van der Waals surface area contributed by atoms with Crippen LogP contribution in [0.15, 0.2) is 0 Å². The van der Waals surface area contributed by atoms with Crippen LogP contribution in [0, 0.1) is 0 Å². The van der Waals surface area contributed by atoms with Crippen molar-refractivity contribution in [3.05, 3.63) is 0 Å². The van der Waals surface area contributed by atoms with Gasteiger partial charge in [0.2, 0.25) is 0 Å². The van der Waals surface area contributed by atoms with Crippen LogP contribution in [-0.4, -0.2) is 43.8 Å². The van der Waals surface area contributed by atoms with Crippen LogP contribution >= 0.6 is 0 Å². The molecule has 1 aliphatic heterocycles. The summed E-state index contributed by atoms with van der Waals surface area (Å²) in [5, 5.41) is 0. The van der Waals surface area contributed by atoms with E-state index in [1.165, 1.54) is 0 Å². The Balaban J connectivity index is 2.55. The standard InChI is InChI=1S/C7H16N2O/c1-5-7(10-3)6(8)4-9(5)2/h5-7H,4,8H2,1-3H3. The van der Waals surface area contributed by atoms with Gasteiger partial charge < -0.3 is 10.5 Å². The Morgan fingerprint density at radius 2 is 2.20 bits per heavy atom. The van der Waals surface area contributed by atoms with Crippen LogP contribution in [0.4, 0.5) is 0 Å². The number of hydrogen-bond acceptors (Lipinski definition) is 3. The molecular weight excluding hydrogens is 128 g/mol. The molecule has 1 rings (SSSR count). The number of methoxy groups -OCH3 is 1. The Morgan fingerprint density at radius 1 is 1.60 bits per heavy atom. The quantitative estimate of drug-likeness (QED) is 0.547. The van der Waals surface area contributed by atoms with Crippen LogP contribution in [0.25, 0.3) is 0 Å². The van der Waals surface area contributed by atoms with Crippen LogP contribution in [0.3, 0.4) is 0 Å². The summed E-state index contributed by atoms with van der Waals surface area (Å²) in [4.78, 5) is 2.22. The van der Waals surface area contributed by atoms with E-state index in [-0.39, 0.29) is 12.1 Å². The third-order valence-corrected chi connectivity index (χ3v) is 2.36. The topological polar surface area (TPSA) is 38.5 Å². The number of hydrogen-bond donors (Lipinski definition) is 1. The van der Waals surface area contributed by atoms with Gasteiger partial charge in [-0.15, -0.1) is 0 Å². The van der Waals surface area contributed by atoms with Gasteiger partial charge in [-0.05, 0) is 14.0 Å². The van der Waals surface area contributed by atoms with Crippen molar-refractivity contribution in [2.24, 2.45) is 5.73 Å². The summed E-state index contributed by atoms with van der Waals surface area (Å²) in [6.45, 7) is 3.08. The molecule has 3 unspecified atom stereocenters. The van der Waals surface area contributed by atoms with Gasteiger partial charge in [0, 0.05) is 25.7 Å². The number of nitrogens with zero attached hydrogens (tertiary/aromatic N) is 1. The van der Waals surface area contributed by atoms with Gasteiger partial charge in [0.15, 0.2) is 0 Å². The maximum Gasteiger partial charge on any atom is 0.0886 e. The van der Waals surface area contributed by atoms with Crippen molar-refractivity contribution in [2.45, 2.75) is 25.1 Å². The fourth-order valence-corrected chi connectivity index (χ4v) is 1.58. The lowest BCUT2D eigenvalue weighted by atomic mass is 10.1. The molecule has 0 bridgehead atoms. The Labute approximate surface area is 62.1 Å². The van der Waals surface area contributed by atoms with E-state index < -0.39 is 0 Å². The summed E-state index contributed by atoms with van der Waals surface area (Å²) in [5.74, 6) is 0. The zero-order valence-electron chi connectivity index (χ0n) is 6.87. The second-order valence-electron chi connectivity index (χ2n) is 3.04. The molecule has 0 amide bonds. The van der Waals surface area contributed by atoms with E-state index in [2.05, 4.69) is 18.9 Å². The first-order valence-electron chi connectivity index (χ1n) is 3.65. The number of rotatable bonds is 1. The third kappa shape index (κ3) is 1.17. The lowest BCUT2D eigenvalue weighted by Crippen LogP contribution is -2.37. The maximum atomic E-state index is 5.80. The monoisotopic (exact) mass is 144 g/mol. The second kappa shape index (κ2) is 2.86. The van der Waals surface area contributed by atoms with Crippen molar-refractivity contribution in [1.82, 2.24) is 4.90 Å². The molecule has 0 aromatic carbocycles. The predicted octanol–water partition coefficient (Wildman–Crippen LogP) is -0.337. The minimum Gasteiger partial charge on any atom is -0.378 e. The highest BCUT2D eigenvalue weighted by Crippen LogP contribution is 2.16. The molecule has 1 aliphatic rings. The Hall–Kier alpha value is -0.120. The normalized spacial score (nSPS) is 42.6. The fraction of sp³-hybridized carbons (Fsp3) is 1.00. The molecule has 0 aliphatic carbocycles. The SMILES string of the molecule is COC1C(N)CN(C)C1C. The van der Waals surface area contributed by atoms with Crippen molar-refractivity contribution < 1.29 is 4.74 Å². The Morgan fingerprint density at radius 3 is 2.40 bits per heavy atom. The fourth-order valence-electron chi connectivity index (χ4n) is 1.58. The third-order valence-electron chi connectivity index (χ3n) is 2.36. The molecule has 1 saturated heterocycles. The summed E-state index contributed by atoms with van der Waals surface area (Å²) in [7, 11) is 3.80. The summed E-state index contributed by atoms with van der Waals surface area (Å²) in [5.41, 5.74) is 5.80. The van der Waals surface area contributed by atoms with Gasteiger partial charge in [-0.1, -0.05) is 0 Å². The van der Waals surface area contributed by atoms with Crippen molar-refractivity contribution in [3.63, 3.8) is 0 Å². The Bertz CT molecular complexity index is 118. The summed E-state index contributed by atoms with van der Waals surface area (Å²) in [6, 6.07) is 0.644. The van der Waals surface area contributed by atoms with Crippen molar-refractivity contribution >= 4 is 0 Å². The minimum absolute atomic E-state index is 0.185. The number of nitrogens with two attached hydrogens (primary N) is 1. The predicted molar refractivity (Wildman–Crippen MR) is 40.9 cm³/mol. The highest BCUT2D eigenvalue weighted by atomic mass is 16.5. The van der Waals surface area contributed by atoms with Crippen molar-refractivity contribution in [1.29, 1.82) is 0 Å². The largest absolute Gasteiger partial charge is 0.378 e. The van der Waals surface area contributed by atoms with E-state index in [1.807, 2.05) is 0 Å². The van der Waals surface area contributed by atoms with Crippen LogP contribution in [0.1, 0.15) is 6.92 Å². The van der Waals surface area contributed by atoms with E-state index in [1.54, 1.807) is 7.11 Å². The van der Waals surface area contributed by atoms with E-state index in [9.17, 15) is 0 Å². The Kier molecular flexibility index (Phi) is 2.28. The van der Waals surface area contributed by atoms with Gasteiger partial charge in [-0.2, -0.15) is 0 Å². The molecular formula is C7H16N2O. The van der Waals surface area contributed by atoms with Crippen LogP contribution in [0.2, 0.25) is 0 Å². The number of likely N-dealkylation sites (tertiary alicyclic amines) is 1. The van der Waals surface area contributed by atoms with Gasteiger partial charge >= 0.3 is 0 Å². The minimum atomic E-state index is 0.185. The molecule has 1 fully saturated rings. The highest BCUT2D eigenvalue weighted by Gasteiger charge is 2.34. The van der Waals surface area contributed by atoms with Crippen molar-refractivity contribution in [2.75, 3.05) is 20.7 Å². The molecule has 60 valence electrons. The first-order chi connectivity index (χ1) is 4.66. The molecule has 3 heteroatoms. The molecule has 2 N–H and O–H groups in total. The zero-order valence-corrected chi connectivity index (χ0v) is 6.87. The lowest BCUT2D eigenvalue weighted by molar-refractivity contribution is 0.0705. The molecule has 0 spiro atoms. The molecule has 0 saturated carbocycles. The molecule has 1 heterocycles. The van der Waals surface area contributed by atoms with Gasteiger partial charge in [0.25, 0.3) is 0 Å². The maximum absolute atomic E-state index is 5.80. The lowest BCUT2D eigenvalue weighted by Gasteiger charge is -2.19. The van der Waals surface area contributed by atoms with Gasteiger partial charge in [-0.3, -0.25) is 4.90 Å². The van der Waals surface area contributed by atoms with E-state index in [4.69, 9.17) is 10.5 Å².